The van der Waals surface area contributed by atoms with Crippen LogP contribution in [0.4, 0.5) is 0 Å². The van der Waals surface area contributed by atoms with Crippen LogP contribution in [-0.2, 0) is 4.74 Å². The molecule has 1 nitrogen and oxygen atoms in total. The van der Waals surface area contributed by atoms with Crippen molar-refractivity contribution < 1.29 is 4.74 Å². The van der Waals surface area contributed by atoms with E-state index in [-0.39, 0.29) is 12.2 Å². The molecule has 0 spiro atoms. The lowest BCUT2D eigenvalue weighted by Gasteiger charge is -2.28. The molecular weight excluding hydrogens is 256 g/mol. The van der Waals surface area contributed by atoms with Crippen molar-refractivity contribution >= 4 is 0 Å². The fourth-order valence-corrected chi connectivity index (χ4v) is 2.63. The van der Waals surface area contributed by atoms with Gasteiger partial charge in [-0.25, -0.2) is 0 Å². The maximum atomic E-state index is 6.28. The lowest BCUT2D eigenvalue weighted by atomic mass is 9.94. The largest absolute Gasteiger partial charge is 0.374 e. The molecule has 0 saturated heterocycles. The summed E-state index contributed by atoms with van der Waals surface area (Å²) in [4.78, 5) is 0. The van der Waals surface area contributed by atoms with Crippen LogP contribution in [0.25, 0.3) is 0 Å². The van der Waals surface area contributed by atoms with Crippen molar-refractivity contribution in [2.24, 2.45) is 0 Å². The Bertz CT molecular complexity index is 471. The Balaban J connectivity index is 1.97. The normalized spacial score (nSPS) is 17.0. The highest BCUT2D eigenvalue weighted by atomic mass is 16.5. The zero-order valence-electron chi connectivity index (χ0n) is 13.5. The van der Waals surface area contributed by atoms with Gasteiger partial charge in [-0.1, -0.05) is 74.5 Å². The third-order valence-corrected chi connectivity index (χ3v) is 4.49. The molecule has 2 aromatic rings. The highest BCUT2D eigenvalue weighted by Crippen LogP contribution is 2.27. The smallest absolute Gasteiger partial charge is 0.0616 e. The van der Waals surface area contributed by atoms with Gasteiger partial charge < -0.3 is 4.74 Å². The summed E-state index contributed by atoms with van der Waals surface area (Å²) in [6, 6.07) is 21.2. The number of hydrogen-bond acceptors (Lipinski definition) is 1. The van der Waals surface area contributed by atoms with Crippen LogP contribution in [0.2, 0.25) is 0 Å². The van der Waals surface area contributed by atoms with Gasteiger partial charge in [0.1, 0.15) is 0 Å². The predicted octanol–water partition coefficient (Wildman–Crippen LogP) is 5.39. The van der Waals surface area contributed by atoms with Crippen molar-refractivity contribution in [3.63, 3.8) is 0 Å². The molecule has 0 aromatic heterocycles. The van der Waals surface area contributed by atoms with Gasteiger partial charge in [-0.3, -0.25) is 0 Å². The lowest BCUT2D eigenvalue weighted by Crippen LogP contribution is -2.26. The molecule has 112 valence electrons. The molecule has 21 heavy (non-hydrogen) atoms. The Labute approximate surface area is 129 Å². The number of hydrogen-bond donors (Lipinski definition) is 0. The van der Waals surface area contributed by atoms with Crippen LogP contribution in [0.15, 0.2) is 60.7 Å². The summed E-state index contributed by atoms with van der Waals surface area (Å²) in [6.07, 6.45) is 0.405. The zero-order valence-corrected chi connectivity index (χ0v) is 13.5. The first-order valence-corrected chi connectivity index (χ1v) is 7.85. The van der Waals surface area contributed by atoms with Crippen LogP contribution in [0.1, 0.15) is 50.7 Å². The quantitative estimate of drug-likeness (QED) is 0.690. The Kier molecular flexibility index (Phi) is 5.58. The third-order valence-electron chi connectivity index (χ3n) is 4.49. The summed E-state index contributed by atoms with van der Waals surface area (Å²) in [5.41, 5.74) is 2.68. The SMILES string of the molecule is CC(OC(C)C(C)c1ccccc1)C(C)c1ccccc1. The fourth-order valence-electron chi connectivity index (χ4n) is 2.63. The molecule has 2 rings (SSSR count). The average Bonchev–Trinajstić information content (AvgIpc) is 2.55. The summed E-state index contributed by atoms with van der Waals surface area (Å²) in [5.74, 6) is 0.799. The van der Waals surface area contributed by atoms with Crippen molar-refractivity contribution in [1.29, 1.82) is 0 Å². The Morgan fingerprint density at radius 2 is 0.905 bits per heavy atom. The van der Waals surface area contributed by atoms with E-state index in [1.54, 1.807) is 0 Å². The monoisotopic (exact) mass is 282 g/mol. The molecule has 0 aliphatic rings. The Morgan fingerprint density at radius 3 is 1.24 bits per heavy atom. The van der Waals surface area contributed by atoms with Gasteiger partial charge in [-0.05, 0) is 25.0 Å². The van der Waals surface area contributed by atoms with Gasteiger partial charge in [-0.2, -0.15) is 0 Å². The molecular formula is C20H26O. The minimum atomic E-state index is 0.202. The minimum absolute atomic E-state index is 0.202. The van der Waals surface area contributed by atoms with Crippen molar-refractivity contribution in [2.45, 2.75) is 51.7 Å². The Hall–Kier alpha value is -1.60. The number of benzene rings is 2. The minimum Gasteiger partial charge on any atom is -0.374 e. The van der Waals surface area contributed by atoms with Crippen LogP contribution in [0.5, 0.6) is 0 Å². The molecule has 0 radical (unpaired) electrons. The molecule has 0 aliphatic carbocycles. The second kappa shape index (κ2) is 7.42. The second-order valence-corrected chi connectivity index (χ2v) is 5.95. The van der Waals surface area contributed by atoms with Gasteiger partial charge in [-0.15, -0.1) is 0 Å². The predicted molar refractivity (Wildman–Crippen MR) is 89.7 cm³/mol. The molecule has 2 aromatic carbocycles. The molecule has 0 aliphatic heterocycles. The van der Waals surface area contributed by atoms with E-state index < -0.39 is 0 Å². The summed E-state index contributed by atoms with van der Waals surface area (Å²) in [7, 11) is 0. The van der Waals surface area contributed by atoms with Crippen LogP contribution in [-0.4, -0.2) is 12.2 Å². The van der Waals surface area contributed by atoms with E-state index in [4.69, 9.17) is 4.74 Å². The highest BCUT2D eigenvalue weighted by Gasteiger charge is 2.21. The lowest BCUT2D eigenvalue weighted by molar-refractivity contribution is -0.0146. The van der Waals surface area contributed by atoms with E-state index in [2.05, 4.69) is 88.4 Å². The second-order valence-electron chi connectivity index (χ2n) is 5.95. The first kappa shape index (κ1) is 15.8. The summed E-state index contributed by atoms with van der Waals surface area (Å²) < 4.78 is 6.28. The topological polar surface area (TPSA) is 9.23 Å². The zero-order chi connectivity index (χ0) is 15.2. The molecule has 0 fully saturated rings. The molecule has 0 saturated carbocycles. The van der Waals surface area contributed by atoms with E-state index >= 15 is 0 Å². The van der Waals surface area contributed by atoms with Gasteiger partial charge in [0.05, 0.1) is 12.2 Å². The molecule has 0 bridgehead atoms. The maximum Gasteiger partial charge on any atom is 0.0616 e. The summed E-state index contributed by atoms with van der Waals surface area (Å²) >= 11 is 0. The maximum absolute atomic E-state index is 6.28. The number of rotatable bonds is 6. The van der Waals surface area contributed by atoms with Gasteiger partial charge in [0.2, 0.25) is 0 Å². The Morgan fingerprint density at radius 1 is 0.571 bits per heavy atom. The van der Waals surface area contributed by atoms with E-state index in [0.717, 1.165) is 0 Å². The molecule has 4 unspecified atom stereocenters. The first-order valence-electron chi connectivity index (χ1n) is 7.85. The summed E-state index contributed by atoms with van der Waals surface area (Å²) in [5, 5.41) is 0. The van der Waals surface area contributed by atoms with Crippen molar-refractivity contribution in [3.05, 3.63) is 71.8 Å². The van der Waals surface area contributed by atoms with E-state index in [1.165, 1.54) is 11.1 Å². The van der Waals surface area contributed by atoms with Gasteiger partial charge in [0.25, 0.3) is 0 Å². The van der Waals surface area contributed by atoms with Crippen molar-refractivity contribution in [1.82, 2.24) is 0 Å². The highest BCUT2D eigenvalue weighted by molar-refractivity contribution is 5.21. The van der Waals surface area contributed by atoms with Gasteiger partial charge in [0, 0.05) is 11.8 Å². The molecule has 0 heterocycles. The van der Waals surface area contributed by atoms with Crippen molar-refractivity contribution in [3.8, 4) is 0 Å². The van der Waals surface area contributed by atoms with Crippen molar-refractivity contribution in [2.75, 3.05) is 0 Å². The summed E-state index contributed by atoms with van der Waals surface area (Å²) in [6.45, 7) is 8.82. The van der Waals surface area contributed by atoms with E-state index in [9.17, 15) is 0 Å². The van der Waals surface area contributed by atoms with Crippen LogP contribution < -0.4 is 0 Å². The van der Waals surface area contributed by atoms with Crippen LogP contribution in [0.3, 0.4) is 0 Å². The molecule has 4 atom stereocenters. The molecule has 0 N–H and O–H groups in total. The average molecular weight is 282 g/mol. The molecule has 0 amide bonds. The third kappa shape index (κ3) is 4.18. The van der Waals surface area contributed by atoms with Crippen LogP contribution in [0, 0.1) is 0 Å². The van der Waals surface area contributed by atoms with E-state index in [1.807, 2.05) is 0 Å². The van der Waals surface area contributed by atoms with E-state index in [0.29, 0.717) is 11.8 Å². The first-order chi connectivity index (χ1) is 10.1. The van der Waals surface area contributed by atoms with Gasteiger partial charge in [0.15, 0.2) is 0 Å². The standard InChI is InChI=1S/C20H26O/c1-15(19-11-7-5-8-12-19)17(3)21-18(4)16(2)20-13-9-6-10-14-20/h5-18H,1-4H3. The number of ether oxygens (including phenoxy) is 1. The fraction of sp³-hybridized carbons (Fsp3) is 0.400. The van der Waals surface area contributed by atoms with Gasteiger partial charge >= 0.3 is 0 Å². The molecule has 1 heteroatoms. The van der Waals surface area contributed by atoms with Crippen LogP contribution >= 0.6 is 0 Å².